The molecule has 1 aromatic heterocycles. The van der Waals surface area contributed by atoms with Gasteiger partial charge in [-0.1, -0.05) is 78.0 Å². The van der Waals surface area contributed by atoms with E-state index in [1.165, 1.54) is 11.6 Å². The van der Waals surface area contributed by atoms with Crippen molar-refractivity contribution < 1.29 is 14.6 Å². The van der Waals surface area contributed by atoms with Crippen LogP contribution in [0.2, 0.25) is 5.02 Å². The molecule has 1 fully saturated rings. The second kappa shape index (κ2) is 12.0. The number of carbonyl (C=O) groups is 1. The van der Waals surface area contributed by atoms with Crippen molar-refractivity contribution in [3.8, 4) is 5.88 Å². The minimum Gasteiger partial charge on any atom is -0.493 e. The zero-order valence-corrected chi connectivity index (χ0v) is 22.9. The SMILES string of the molecule is CC(=O)NCC1CN(c2ccc(C(c3ccccc3)n3[nH]c(=O)c(Sc4ccccc4Cl)c3O)cc2)CCO1. The number of aromatic hydroxyl groups is 1. The van der Waals surface area contributed by atoms with Gasteiger partial charge in [-0.05, 0) is 35.4 Å². The molecule has 8 nitrogen and oxygen atoms in total. The van der Waals surface area contributed by atoms with E-state index in [-0.39, 0.29) is 22.8 Å². The van der Waals surface area contributed by atoms with E-state index in [4.69, 9.17) is 16.3 Å². The van der Waals surface area contributed by atoms with Crippen LogP contribution in [0.25, 0.3) is 0 Å². The largest absolute Gasteiger partial charge is 0.493 e. The third kappa shape index (κ3) is 6.16. The topological polar surface area (TPSA) is 99.6 Å². The number of aromatic nitrogens is 2. The summed E-state index contributed by atoms with van der Waals surface area (Å²) in [6, 6.07) is 24.5. The maximum atomic E-state index is 13.0. The number of ether oxygens (including phenoxy) is 1. The van der Waals surface area contributed by atoms with Crippen LogP contribution in [0.4, 0.5) is 5.69 Å². The van der Waals surface area contributed by atoms with Gasteiger partial charge in [0.25, 0.3) is 5.56 Å². The first-order chi connectivity index (χ1) is 18.9. The molecule has 2 unspecified atom stereocenters. The van der Waals surface area contributed by atoms with Crippen molar-refractivity contribution in [3.63, 3.8) is 0 Å². The van der Waals surface area contributed by atoms with Crippen LogP contribution >= 0.6 is 23.4 Å². The maximum Gasteiger partial charge on any atom is 0.282 e. The first kappa shape index (κ1) is 26.9. The van der Waals surface area contributed by atoms with E-state index in [0.717, 1.165) is 35.1 Å². The first-order valence-electron chi connectivity index (χ1n) is 12.6. The van der Waals surface area contributed by atoms with Crippen LogP contribution in [-0.4, -0.2) is 53.1 Å². The number of amides is 1. The zero-order valence-electron chi connectivity index (χ0n) is 21.3. The van der Waals surface area contributed by atoms with Crippen LogP contribution < -0.4 is 15.8 Å². The molecule has 3 aromatic carbocycles. The quantitative estimate of drug-likeness (QED) is 0.288. The molecule has 202 valence electrons. The number of morpholine rings is 1. The van der Waals surface area contributed by atoms with Crippen molar-refractivity contribution in [1.29, 1.82) is 0 Å². The molecule has 0 saturated carbocycles. The fourth-order valence-electron chi connectivity index (χ4n) is 4.67. The third-order valence-corrected chi connectivity index (χ3v) is 8.16. The summed E-state index contributed by atoms with van der Waals surface area (Å²) in [6.45, 7) is 3.94. The number of halogens is 1. The Morgan fingerprint density at radius 1 is 1.10 bits per heavy atom. The number of hydrogen-bond donors (Lipinski definition) is 3. The van der Waals surface area contributed by atoms with Gasteiger partial charge in [-0.15, -0.1) is 0 Å². The van der Waals surface area contributed by atoms with E-state index < -0.39 is 11.6 Å². The van der Waals surface area contributed by atoms with Crippen LogP contribution in [0.3, 0.4) is 0 Å². The fourth-order valence-corrected chi connectivity index (χ4v) is 5.78. The molecule has 39 heavy (non-hydrogen) atoms. The summed E-state index contributed by atoms with van der Waals surface area (Å²) in [4.78, 5) is 27.4. The van der Waals surface area contributed by atoms with Crippen LogP contribution in [0, 0.1) is 0 Å². The molecule has 0 aliphatic carbocycles. The van der Waals surface area contributed by atoms with E-state index in [0.29, 0.717) is 29.6 Å². The number of hydrogen-bond acceptors (Lipinski definition) is 6. The van der Waals surface area contributed by atoms with Crippen molar-refractivity contribution in [2.24, 2.45) is 0 Å². The van der Waals surface area contributed by atoms with Crippen molar-refractivity contribution >= 4 is 35.0 Å². The lowest BCUT2D eigenvalue weighted by atomic mass is 9.98. The van der Waals surface area contributed by atoms with Gasteiger partial charge in [0.15, 0.2) is 0 Å². The highest BCUT2D eigenvalue weighted by Crippen LogP contribution is 2.38. The Hall–Kier alpha value is -3.66. The average Bonchev–Trinajstić information content (AvgIpc) is 3.22. The molecule has 10 heteroatoms. The average molecular weight is 565 g/mol. The molecule has 5 rings (SSSR count). The normalized spacial score (nSPS) is 16.2. The fraction of sp³-hybridized carbons (Fsp3) is 0.241. The molecular formula is C29H29ClN4O4S. The van der Waals surface area contributed by atoms with Crippen LogP contribution in [0.5, 0.6) is 5.88 Å². The van der Waals surface area contributed by atoms with E-state index in [1.54, 1.807) is 6.07 Å². The lowest BCUT2D eigenvalue weighted by molar-refractivity contribution is -0.119. The highest BCUT2D eigenvalue weighted by atomic mass is 35.5. The number of anilines is 1. The van der Waals surface area contributed by atoms with Crippen molar-refractivity contribution in [2.45, 2.75) is 28.9 Å². The number of nitrogens with zero attached hydrogens (tertiary/aromatic N) is 2. The standard InChI is InChI=1S/C29H29ClN4O4S/c1-19(35)31-17-23-18-33(15-16-38-23)22-13-11-21(12-14-22)26(20-7-3-2-4-8-20)34-29(37)27(28(36)32-34)39-25-10-6-5-9-24(25)30/h2-14,23,26,37H,15-18H2,1H3,(H,31,35)(H,32,36). The molecular weight excluding hydrogens is 536 g/mol. The predicted octanol–water partition coefficient (Wildman–Crippen LogP) is 4.67. The maximum absolute atomic E-state index is 13.0. The summed E-state index contributed by atoms with van der Waals surface area (Å²) >= 11 is 7.44. The Morgan fingerprint density at radius 2 is 1.79 bits per heavy atom. The monoisotopic (exact) mass is 564 g/mol. The molecule has 1 saturated heterocycles. The summed E-state index contributed by atoms with van der Waals surface area (Å²) < 4.78 is 7.31. The minimum atomic E-state index is -0.467. The van der Waals surface area contributed by atoms with Crippen molar-refractivity contribution in [3.05, 3.63) is 105 Å². The Labute approximate surface area is 235 Å². The molecule has 4 aromatic rings. The van der Waals surface area contributed by atoms with Gasteiger partial charge >= 0.3 is 0 Å². The third-order valence-electron chi connectivity index (χ3n) is 6.57. The Balaban J connectivity index is 1.45. The number of carbonyl (C=O) groups excluding carboxylic acids is 1. The smallest absolute Gasteiger partial charge is 0.282 e. The van der Waals surface area contributed by atoms with Gasteiger partial charge in [-0.2, -0.15) is 0 Å². The molecule has 0 bridgehead atoms. The molecule has 0 radical (unpaired) electrons. The lowest BCUT2D eigenvalue weighted by Crippen LogP contribution is -2.47. The van der Waals surface area contributed by atoms with Gasteiger partial charge in [-0.25, -0.2) is 4.68 Å². The highest BCUT2D eigenvalue weighted by Gasteiger charge is 2.26. The van der Waals surface area contributed by atoms with Crippen molar-refractivity contribution in [1.82, 2.24) is 15.1 Å². The summed E-state index contributed by atoms with van der Waals surface area (Å²) in [5.74, 6) is -0.233. The lowest BCUT2D eigenvalue weighted by Gasteiger charge is -2.34. The van der Waals surface area contributed by atoms with E-state index in [1.807, 2.05) is 72.8 Å². The van der Waals surface area contributed by atoms with Gasteiger partial charge in [0.2, 0.25) is 11.8 Å². The van der Waals surface area contributed by atoms with Crippen LogP contribution in [-0.2, 0) is 9.53 Å². The van der Waals surface area contributed by atoms with Crippen LogP contribution in [0.15, 0.2) is 93.4 Å². The summed E-state index contributed by atoms with van der Waals surface area (Å²) in [7, 11) is 0. The molecule has 0 spiro atoms. The van der Waals surface area contributed by atoms with Crippen LogP contribution in [0.1, 0.15) is 24.1 Å². The number of rotatable bonds is 8. The van der Waals surface area contributed by atoms with Crippen molar-refractivity contribution in [2.75, 3.05) is 31.1 Å². The minimum absolute atomic E-state index is 0.0771. The van der Waals surface area contributed by atoms with E-state index >= 15 is 0 Å². The highest BCUT2D eigenvalue weighted by molar-refractivity contribution is 7.99. The predicted molar refractivity (Wildman–Crippen MR) is 153 cm³/mol. The molecule has 1 aliphatic rings. The number of benzene rings is 3. The Bertz CT molecular complexity index is 1490. The molecule has 1 amide bonds. The first-order valence-corrected chi connectivity index (χ1v) is 13.8. The van der Waals surface area contributed by atoms with Gasteiger partial charge in [0.1, 0.15) is 10.9 Å². The molecule has 2 atom stereocenters. The number of aromatic amines is 1. The summed E-state index contributed by atoms with van der Waals surface area (Å²) in [5.41, 5.74) is 2.43. The van der Waals surface area contributed by atoms with E-state index in [2.05, 4.69) is 15.3 Å². The second-order valence-electron chi connectivity index (χ2n) is 9.28. The zero-order chi connectivity index (χ0) is 27.4. The summed E-state index contributed by atoms with van der Waals surface area (Å²) in [6.07, 6.45) is -0.0877. The van der Waals surface area contributed by atoms with Gasteiger partial charge in [0, 0.05) is 37.1 Å². The van der Waals surface area contributed by atoms with Gasteiger partial charge < -0.3 is 20.1 Å². The summed E-state index contributed by atoms with van der Waals surface area (Å²) in [5, 5.41) is 17.4. The Morgan fingerprint density at radius 3 is 2.51 bits per heavy atom. The molecule has 1 aliphatic heterocycles. The number of nitrogens with one attached hydrogen (secondary N) is 2. The molecule has 3 N–H and O–H groups in total. The number of H-pyrrole nitrogens is 1. The van der Waals surface area contributed by atoms with E-state index in [9.17, 15) is 14.7 Å². The molecule has 2 heterocycles. The second-order valence-corrected chi connectivity index (χ2v) is 10.7. The van der Waals surface area contributed by atoms with Gasteiger partial charge in [-0.3, -0.25) is 14.7 Å². The van der Waals surface area contributed by atoms with Gasteiger partial charge in [0.05, 0.1) is 17.7 Å². The Kier molecular flexibility index (Phi) is 8.30.